The highest BCUT2D eigenvalue weighted by Crippen LogP contribution is 2.39. The van der Waals surface area contributed by atoms with Crippen LogP contribution in [-0.2, 0) is 11.3 Å². The predicted molar refractivity (Wildman–Crippen MR) is 67.8 cm³/mol. The number of fused-ring (bicyclic) bond motifs is 3. The first-order valence-electron chi connectivity index (χ1n) is 6.27. The van der Waals surface area contributed by atoms with Gasteiger partial charge in [-0.25, -0.2) is 4.79 Å². The molecule has 0 fully saturated rings. The summed E-state index contributed by atoms with van der Waals surface area (Å²) in [6.45, 7) is 3.91. The number of Topliss-reactive ketones (excluding diaryl/α,β-unsaturated/α-hetero) is 2. The molecule has 19 heavy (non-hydrogen) atoms. The van der Waals surface area contributed by atoms with E-state index in [1.54, 1.807) is 13.0 Å². The second-order valence-electron chi connectivity index (χ2n) is 4.83. The number of carbonyl (C=O) groups excluding carboxylic acids is 2. The first-order valence-corrected chi connectivity index (χ1v) is 6.27. The molecule has 0 amide bonds. The molecule has 0 bridgehead atoms. The summed E-state index contributed by atoms with van der Waals surface area (Å²) in [7, 11) is 0. The molecule has 2 unspecified atom stereocenters. The maximum absolute atomic E-state index is 12.2. The Kier molecular flexibility index (Phi) is 2.45. The van der Waals surface area contributed by atoms with Crippen molar-refractivity contribution >= 4 is 17.1 Å². The third kappa shape index (κ3) is 1.44. The van der Waals surface area contributed by atoms with Gasteiger partial charge < -0.3 is 4.42 Å². The van der Waals surface area contributed by atoms with Crippen molar-refractivity contribution in [2.24, 2.45) is 11.8 Å². The lowest BCUT2D eigenvalue weighted by atomic mass is 9.74. The van der Waals surface area contributed by atoms with Crippen molar-refractivity contribution in [1.82, 2.24) is 4.57 Å². The SMILES string of the molecule is CCn1c2c(oc1=O)C1=CC=CC(C)C1C(=O)C2=O. The fraction of sp³-hybridized carbons (Fsp3) is 0.357. The molecule has 2 atom stereocenters. The largest absolute Gasteiger partial charge is 0.420 e. The second kappa shape index (κ2) is 3.91. The highest BCUT2D eigenvalue weighted by Gasteiger charge is 2.44. The van der Waals surface area contributed by atoms with Crippen molar-refractivity contribution in [3.05, 3.63) is 40.2 Å². The monoisotopic (exact) mass is 259 g/mol. The Morgan fingerprint density at radius 2 is 2.05 bits per heavy atom. The van der Waals surface area contributed by atoms with Crippen LogP contribution in [0.2, 0.25) is 0 Å². The van der Waals surface area contributed by atoms with Gasteiger partial charge in [-0.15, -0.1) is 0 Å². The molecule has 1 heterocycles. The summed E-state index contributed by atoms with van der Waals surface area (Å²) >= 11 is 0. The lowest BCUT2D eigenvalue weighted by Crippen LogP contribution is -2.36. The van der Waals surface area contributed by atoms with Crippen molar-refractivity contribution in [3.63, 3.8) is 0 Å². The fourth-order valence-electron chi connectivity index (χ4n) is 2.80. The first-order chi connectivity index (χ1) is 9.06. The summed E-state index contributed by atoms with van der Waals surface area (Å²) < 4.78 is 6.41. The van der Waals surface area contributed by atoms with E-state index in [0.717, 1.165) is 0 Å². The molecular formula is C14H13NO4. The van der Waals surface area contributed by atoms with Crippen LogP contribution in [-0.4, -0.2) is 16.1 Å². The van der Waals surface area contributed by atoms with E-state index < -0.39 is 23.2 Å². The van der Waals surface area contributed by atoms with Crippen molar-refractivity contribution in [3.8, 4) is 0 Å². The molecule has 0 aromatic carbocycles. The summed E-state index contributed by atoms with van der Waals surface area (Å²) in [6, 6.07) is 0. The number of rotatable bonds is 1. The highest BCUT2D eigenvalue weighted by atomic mass is 16.4. The van der Waals surface area contributed by atoms with Gasteiger partial charge in [0.2, 0.25) is 11.6 Å². The third-order valence-electron chi connectivity index (χ3n) is 3.75. The molecule has 0 spiro atoms. The van der Waals surface area contributed by atoms with Crippen molar-refractivity contribution < 1.29 is 14.0 Å². The van der Waals surface area contributed by atoms with Gasteiger partial charge in [0.1, 0.15) is 5.69 Å². The lowest BCUT2D eigenvalue weighted by molar-refractivity contribution is -0.118. The number of carbonyl (C=O) groups is 2. The van der Waals surface area contributed by atoms with Gasteiger partial charge in [0.05, 0.1) is 5.92 Å². The van der Waals surface area contributed by atoms with Gasteiger partial charge in [0, 0.05) is 12.1 Å². The van der Waals surface area contributed by atoms with Crippen LogP contribution in [0.5, 0.6) is 0 Å². The molecule has 0 saturated heterocycles. The van der Waals surface area contributed by atoms with Gasteiger partial charge in [-0.3, -0.25) is 14.2 Å². The standard InChI is InChI=1S/C14H13NO4/c1-3-15-10-12(17)11(16)9-7(2)5-4-6-8(9)13(10)19-14(15)18/h4-7,9H,3H2,1-2H3. The number of nitrogens with zero attached hydrogens (tertiary/aromatic N) is 1. The normalized spacial score (nSPS) is 25.1. The third-order valence-corrected chi connectivity index (χ3v) is 3.75. The molecule has 3 rings (SSSR count). The summed E-state index contributed by atoms with van der Waals surface area (Å²) in [4.78, 5) is 36.2. The van der Waals surface area contributed by atoms with Gasteiger partial charge >= 0.3 is 5.76 Å². The topological polar surface area (TPSA) is 69.3 Å². The van der Waals surface area contributed by atoms with Gasteiger partial charge in [-0.2, -0.15) is 0 Å². The van der Waals surface area contributed by atoms with E-state index in [2.05, 4.69) is 0 Å². The number of hydrogen-bond acceptors (Lipinski definition) is 4. The number of hydrogen-bond donors (Lipinski definition) is 0. The van der Waals surface area contributed by atoms with E-state index in [4.69, 9.17) is 4.42 Å². The molecule has 0 saturated carbocycles. The average molecular weight is 259 g/mol. The summed E-state index contributed by atoms with van der Waals surface area (Å²) in [6.07, 6.45) is 5.45. The first kappa shape index (κ1) is 11.9. The number of ketones is 2. The molecule has 2 aliphatic rings. The zero-order valence-corrected chi connectivity index (χ0v) is 10.7. The minimum absolute atomic E-state index is 0.0696. The van der Waals surface area contributed by atoms with E-state index in [-0.39, 0.29) is 17.4 Å². The van der Waals surface area contributed by atoms with Crippen LogP contribution < -0.4 is 5.76 Å². The van der Waals surface area contributed by atoms with E-state index in [9.17, 15) is 14.4 Å². The molecule has 0 aliphatic heterocycles. The van der Waals surface area contributed by atoms with Crippen molar-refractivity contribution in [2.45, 2.75) is 20.4 Å². The summed E-state index contributed by atoms with van der Waals surface area (Å²) in [5, 5.41) is 0. The Morgan fingerprint density at radius 3 is 2.74 bits per heavy atom. The van der Waals surface area contributed by atoms with Gasteiger partial charge in [0.15, 0.2) is 5.76 Å². The Hall–Kier alpha value is -2.17. The maximum Gasteiger partial charge on any atom is 0.420 e. The molecule has 1 aromatic heterocycles. The Bertz CT molecular complexity index is 702. The Labute approximate surface area is 109 Å². The maximum atomic E-state index is 12.2. The van der Waals surface area contributed by atoms with Crippen LogP contribution in [0.1, 0.15) is 30.1 Å². The lowest BCUT2D eigenvalue weighted by Gasteiger charge is -2.27. The number of aromatic nitrogens is 1. The molecule has 1 aromatic rings. The zero-order chi connectivity index (χ0) is 13.7. The predicted octanol–water partition coefficient (Wildman–Crippen LogP) is 1.43. The quantitative estimate of drug-likeness (QED) is 0.715. The number of allylic oxidation sites excluding steroid dienone is 4. The molecule has 5 heteroatoms. The summed E-state index contributed by atoms with van der Waals surface area (Å²) in [5.74, 6) is -2.00. The summed E-state index contributed by atoms with van der Waals surface area (Å²) in [5.41, 5.74) is 0.737. The Morgan fingerprint density at radius 1 is 1.32 bits per heavy atom. The van der Waals surface area contributed by atoms with Gasteiger partial charge in [-0.1, -0.05) is 25.2 Å². The molecule has 0 N–H and O–H groups in total. The molecular weight excluding hydrogens is 246 g/mol. The van der Waals surface area contributed by atoms with Crippen LogP contribution in [0.3, 0.4) is 0 Å². The fourth-order valence-corrected chi connectivity index (χ4v) is 2.80. The zero-order valence-electron chi connectivity index (χ0n) is 10.7. The van der Waals surface area contributed by atoms with Gasteiger partial charge in [0.25, 0.3) is 0 Å². The average Bonchev–Trinajstić information content (AvgIpc) is 2.72. The van der Waals surface area contributed by atoms with E-state index >= 15 is 0 Å². The van der Waals surface area contributed by atoms with Crippen molar-refractivity contribution in [1.29, 1.82) is 0 Å². The van der Waals surface area contributed by atoms with E-state index in [0.29, 0.717) is 12.1 Å². The van der Waals surface area contributed by atoms with Crippen LogP contribution in [0.15, 0.2) is 27.4 Å². The van der Waals surface area contributed by atoms with Gasteiger partial charge in [-0.05, 0) is 12.8 Å². The molecule has 2 aliphatic carbocycles. The molecule has 0 radical (unpaired) electrons. The minimum Gasteiger partial charge on any atom is -0.407 e. The van der Waals surface area contributed by atoms with Crippen LogP contribution in [0.25, 0.3) is 5.57 Å². The van der Waals surface area contributed by atoms with Crippen LogP contribution in [0, 0.1) is 11.8 Å². The highest BCUT2D eigenvalue weighted by molar-refractivity contribution is 6.48. The number of oxazole rings is 1. The van der Waals surface area contributed by atoms with Crippen LogP contribution >= 0.6 is 0 Å². The van der Waals surface area contributed by atoms with Crippen LogP contribution in [0.4, 0.5) is 0 Å². The van der Waals surface area contributed by atoms with E-state index in [1.165, 1.54) is 4.57 Å². The van der Waals surface area contributed by atoms with E-state index in [1.807, 2.05) is 19.1 Å². The molecule has 5 nitrogen and oxygen atoms in total. The molecule has 98 valence electrons. The smallest absolute Gasteiger partial charge is 0.407 e. The second-order valence-corrected chi connectivity index (χ2v) is 4.83. The minimum atomic E-state index is -0.619. The Balaban J connectivity index is 2.33. The van der Waals surface area contributed by atoms with Crippen molar-refractivity contribution in [2.75, 3.05) is 0 Å².